The molecule has 0 unspecified atom stereocenters. The van der Waals surface area contributed by atoms with Gasteiger partial charge in [0.1, 0.15) is 18.1 Å². The topological polar surface area (TPSA) is 76.7 Å². The number of nitrogens with zero attached hydrogens (tertiary/aromatic N) is 2. The Bertz CT molecular complexity index is 1250. The Morgan fingerprint density at radius 2 is 2.00 bits per heavy atom. The summed E-state index contributed by atoms with van der Waals surface area (Å²) < 4.78 is 10.9. The highest BCUT2D eigenvalue weighted by molar-refractivity contribution is 6.07. The van der Waals surface area contributed by atoms with Crippen LogP contribution in [0.4, 0.5) is 0 Å². The molecule has 2 heterocycles. The number of hydrazone groups is 1. The maximum Gasteiger partial charge on any atom is 0.272 e. The molecule has 0 fully saturated rings. The Hall–Kier alpha value is -4.37. The summed E-state index contributed by atoms with van der Waals surface area (Å²) >= 11 is 0. The summed E-state index contributed by atoms with van der Waals surface area (Å²) in [7, 11) is 0. The van der Waals surface area contributed by atoms with E-state index in [2.05, 4.69) is 21.4 Å². The van der Waals surface area contributed by atoms with Crippen LogP contribution in [0.15, 0.2) is 82.5 Å². The molecule has 0 saturated carbocycles. The van der Waals surface area contributed by atoms with Crippen LogP contribution in [0, 0.1) is 12.3 Å². The highest BCUT2D eigenvalue weighted by Gasteiger charge is 2.14. The summed E-state index contributed by atoms with van der Waals surface area (Å²) in [5, 5.41) is 4.81. The van der Waals surface area contributed by atoms with Gasteiger partial charge < -0.3 is 9.15 Å². The largest absolute Gasteiger partial charge is 0.480 e. The Morgan fingerprint density at radius 1 is 1.17 bits per heavy atom. The number of hydrogen-bond donors (Lipinski definition) is 1. The van der Waals surface area contributed by atoms with E-state index in [-0.39, 0.29) is 12.5 Å². The normalized spacial score (nSPS) is 10.8. The zero-order valence-corrected chi connectivity index (χ0v) is 15.9. The number of hydrogen-bond acceptors (Lipinski definition) is 5. The van der Waals surface area contributed by atoms with Crippen molar-refractivity contribution in [3.05, 3.63) is 84.1 Å². The number of terminal acetylenes is 1. The lowest BCUT2D eigenvalue weighted by Crippen LogP contribution is -2.18. The van der Waals surface area contributed by atoms with Crippen LogP contribution in [-0.4, -0.2) is 23.7 Å². The zero-order chi connectivity index (χ0) is 20.8. The first-order chi connectivity index (χ1) is 14.8. The van der Waals surface area contributed by atoms with Crippen LogP contribution >= 0.6 is 0 Å². The van der Waals surface area contributed by atoms with Crippen molar-refractivity contribution in [3.8, 4) is 29.5 Å². The third kappa shape index (κ3) is 4.05. The van der Waals surface area contributed by atoms with Gasteiger partial charge in [0.15, 0.2) is 5.76 Å². The second kappa shape index (κ2) is 8.76. The van der Waals surface area contributed by atoms with Gasteiger partial charge in [0.05, 0.1) is 23.6 Å². The van der Waals surface area contributed by atoms with Gasteiger partial charge in [0, 0.05) is 10.9 Å². The number of benzene rings is 2. The van der Waals surface area contributed by atoms with Gasteiger partial charge in [-0.25, -0.2) is 10.4 Å². The fourth-order valence-electron chi connectivity index (χ4n) is 2.97. The molecule has 0 bridgehead atoms. The fourth-order valence-corrected chi connectivity index (χ4v) is 2.97. The smallest absolute Gasteiger partial charge is 0.272 e. The molecular weight excluding hydrogens is 378 g/mol. The zero-order valence-electron chi connectivity index (χ0n) is 15.9. The third-order valence-electron chi connectivity index (χ3n) is 4.33. The number of aromatic nitrogens is 1. The average Bonchev–Trinajstić information content (AvgIpc) is 3.32. The van der Waals surface area contributed by atoms with Gasteiger partial charge >= 0.3 is 0 Å². The number of ether oxygens (including phenoxy) is 1. The van der Waals surface area contributed by atoms with Crippen LogP contribution in [-0.2, 0) is 0 Å². The molecule has 6 nitrogen and oxygen atoms in total. The molecular formula is C24H17N3O3. The minimum absolute atomic E-state index is 0.149. The van der Waals surface area contributed by atoms with Crippen molar-refractivity contribution < 1.29 is 13.9 Å². The number of carbonyl (C=O) groups is 1. The van der Waals surface area contributed by atoms with E-state index in [1.165, 1.54) is 6.21 Å². The monoisotopic (exact) mass is 395 g/mol. The van der Waals surface area contributed by atoms with Crippen LogP contribution < -0.4 is 10.2 Å². The first-order valence-electron chi connectivity index (χ1n) is 9.18. The van der Waals surface area contributed by atoms with E-state index in [9.17, 15) is 4.79 Å². The molecule has 146 valence electrons. The second-order valence-electron chi connectivity index (χ2n) is 6.28. The van der Waals surface area contributed by atoms with Crippen LogP contribution in [0.2, 0.25) is 0 Å². The van der Waals surface area contributed by atoms with Crippen molar-refractivity contribution in [3.63, 3.8) is 0 Å². The molecule has 4 rings (SSSR count). The summed E-state index contributed by atoms with van der Waals surface area (Å²) in [5.74, 6) is 3.23. The van der Waals surface area contributed by atoms with E-state index in [1.807, 2.05) is 42.5 Å². The van der Waals surface area contributed by atoms with Crippen molar-refractivity contribution >= 4 is 23.0 Å². The maximum atomic E-state index is 12.9. The summed E-state index contributed by atoms with van der Waals surface area (Å²) in [6, 6.07) is 20.0. The second-order valence-corrected chi connectivity index (χ2v) is 6.28. The summed E-state index contributed by atoms with van der Waals surface area (Å²) in [6.07, 6.45) is 8.33. The van der Waals surface area contributed by atoms with Crippen LogP contribution in [0.3, 0.4) is 0 Å². The minimum atomic E-state index is -0.361. The number of nitrogens with one attached hydrogen (secondary N) is 1. The first-order valence-corrected chi connectivity index (χ1v) is 9.18. The van der Waals surface area contributed by atoms with E-state index in [1.54, 1.807) is 30.5 Å². The standard InChI is InChI=1S/C24H17N3O3/c1-2-13-29-22-11-6-3-8-17(22)16-25-27-24(28)19-15-21(23-12-7-14-30-23)26-20-10-5-4-9-18(19)20/h1,3-12,14-16H,13H2,(H,27,28)/b25-16-. The SMILES string of the molecule is C#CCOc1ccccc1/C=N\NC(=O)c1cc(-c2ccco2)nc2ccccc12. The van der Waals surface area contributed by atoms with Gasteiger partial charge in [-0.2, -0.15) is 5.10 Å². The van der Waals surface area contributed by atoms with E-state index in [0.29, 0.717) is 33.8 Å². The molecule has 1 amide bonds. The molecule has 0 saturated heterocycles. The number of pyridine rings is 1. The van der Waals surface area contributed by atoms with E-state index in [4.69, 9.17) is 15.6 Å². The van der Waals surface area contributed by atoms with Gasteiger partial charge in [-0.3, -0.25) is 4.79 Å². The van der Waals surface area contributed by atoms with Gasteiger partial charge in [-0.15, -0.1) is 6.42 Å². The first kappa shape index (κ1) is 19.0. The van der Waals surface area contributed by atoms with Gasteiger partial charge in [0.2, 0.25) is 0 Å². The lowest BCUT2D eigenvalue weighted by atomic mass is 10.1. The molecule has 0 aliphatic carbocycles. The predicted octanol–water partition coefficient (Wildman–Crippen LogP) is 4.27. The number of rotatable bonds is 6. The summed E-state index contributed by atoms with van der Waals surface area (Å²) in [4.78, 5) is 17.5. The quantitative estimate of drug-likeness (QED) is 0.300. The summed E-state index contributed by atoms with van der Waals surface area (Å²) in [6.45, 7) is 0.149. The number of fused-ring (bicyclic) bond motifs is 1. The van der Waals surface area contributed by atoms with Crippen molar-refractivity contribution in [1.29, 1.82) is 0 Å². The van der Waals surface area contributed by atoms with E-state index >= 15 is 0 Å². The minimum Gasteiger partial charge on any atom is -0.480 e. The fraction of sp³-hybridized carbons (Fsp3) is 0.0417. The Labute approximate surface area is 173 Å². The van der Waals surface area contributed by atoms with Crippen molar-refractivity contribution in [2.75, 3.05) is 6.61 Å². The molecule has 30 heavy (non-hydrogen) atoms. The van der Waals surface area contributed by atoms with Crippen LogP contribution in [0.1, 0.15) is 15.9 Å². The molecule has 6 heteroatoms. The molecule has 0 radical (unpaired) electrons. The van der Waals surface area contributed by atoms with Crippen LogP contribution in [0.5, 0.6) is 5.75 Å². The van der Waals surface area contributed by atoms with Crippen LogP contribution in [0.25, 0.3) is 22.4 Å². The molecule has 2 aromatic carbocycles. The molecule has 2 aromatic heterocycles. The van der Waals surface area contributed by atoms with Gasteiger partial charge in [-0.1, -0.05) is 36.3 Å². The van der Waals surface area contributed by atoms with Gasteiger partial charge in [0.25, 0.3) is 5.91 Å². The highest BCUT2D eigenvalue weighted by Crippen LogP contribution is 2.25. The van der Waals surface area contributed by atoms with Gasteiger partial charge in [-0.05, 0) is 36.4 Å². The molecule has 0 atom stereocenters. The number of amides is 1. The maximum absolute atomic E-state index is 12.9. The van der Waals surface area contributed by atoms with Crippen molar-refractivity contribution in [2.45, 2.75) is 0 Å². The predicted molar refractivity (Wildman–Crippen MR) is 115 cm³/mol. The summed E-state index contributed by atoms with van der Waals surface area (Å²) in [5.41, 5.74) is 4.97. The number of furan rings is 1. The van der Waals surface area contributed by atoms with E-state index < -0.39 is 0 Å². The number of para-hydroxylation sites is 2. The Kier molecular flexibility index (Phi) is 5.54. The lowest BCUT2D eigenvalue weighted by Gasteiger charge is -2.08. The third-order valence-corrected chi connectivity index (χ3v) is 4.33. The van der Waals surface area contributed by atoms with Crippen molar-refractivity contribution in [1.82, 2.24) is 10.4 Å². The van der Waals surface area contributed by atoms with Crippen molar-refractivity contribution in [2.24, 2.45) is 5.10 Å². The molecule has 1 N–H and O–H groups in total. The molecule has 0 spiro atoms. The molecule has 0 aliphatic rings. The average molecular weight is 395 g/mol. The molecule has 4 aromatic rings. The highest BCUT2D eigenvalue weighted by atomic mass is 16.5. The Balaban J connectivity index is 1.61. The van der Waals surface area contributed by atoms with E-state index in [0.717, 1.165) is 5.39 Å². The lowest BCUT2D eigenvalue weighted by molar-refractivity contribution is 0.0956. The molecule has 0 aliphatic heterocycles. The number of carbonyl (C=O) groups excluding carboxylic acids is 1. The Morgan fingerprint density at radius 3 is 2.83 bits per heavy atom.